The third-order valence-electron chi connectivity index (χ3n) is 4.27. The number of nitrogens with zero attached hydrogens (tertiary/aromatic N) is 2. The molecule has 27 heavy (non-hydrogen) atoms. The van der Waals surface area contributed by atoms with Gasteiger partial charge in [0.15, 0.2) is 5.76 Å². The number of hydrogen-bond acceptors (Lipinski definition) is 5. The van der Waals surface area contributed by atoms with E-state index in [1.807, 2.05) is 36.1 Å². The number of piperazine rings is 1. The van der Waals surface area contributed by atoms with Crippen LogP contribution >= 0.6 is 48.2 Å². The molecule has 0 spiro atoms. The number of hydrogen-bond donors (Lipinski definition) is 1. The number of aromatic nitrogens is 1. The van der Waals surface area contributed by atoms with Crippen LogP contribution in [0.4, 0.5) is 0 Å². The van der Waals surface area contributed by atoms with Crippen molar-refractivity contribution < 1.29 is 9.21 Å². The summed E-state index contributed by atoms with van der Waals surface area (Å²) in [6.45, 7) is 6.51. The highest BCUT2D eigenvalue weighted by molar-refractivity contribution is 7.99. The highest BCUT2D eigenvalue weighted by Gasteiger charge is 2.27. The molecule has 1 fully saturated rings. The van der Waals surface area contributed by atoms with Crippen molar-refractivity contribution >= 4 is 54.1 Å². The van der Waals surface area contributed by atoms with Crippen LogP contribution < -0.4 is 5.32 Å². The molecule has 1 saturated heterocycles. The first-order valence-electron chi connectivity index (χ1n) is 8.38. The van der Waals surface area contributed by atoms with Crippen LogP contribution in [0.1, 0.15) is 19.7 Å². The Morgan fingerprint density at radius 3 is 2.78 bits per heavy atom. The van der Waals surface area contributed by atoms with Gasteiger partial charge in [-0.3, -0.25) is 4.79 Å². The molecule has 5 nitrogen and oxygen atoms in total. The zero-order valence-electron chi connectivity index (χ0n) is 15.2. The van der Waals surface area contributed by atoms with Crippen LogP contribution in [0.3, 0.4) is 0 Å². The summed E-state index contributed by atoms with van der Waals surface area (Å²) < 4.78 is 5.80. The highest BCUT2D eigenvalue weighted by atomic mass is 35.5. The lowest BCUT2D eigenvalue weighted by molar-refractivity contribution is -0.133. The lowest BCUT2D eigenvalue weighted by atomic mass is 10.2. The monoisotopic (exact) mass is 451 g/mol. The van der Waals surface area contributed by atoms with Gasteiger partial charge >= 0.3 is 0 Å². The van der Waals surface area contributed by atoms with Gasteiger partial charge in [-0.05, 0) is 38.1 Å². The molecule has 2 heterocycles. The molecular weight excluding hydrogens is 429 g/mol. The zero-order chi connectivity index (χ0) is 17.8. The second kappa shape index (κ2) is 11.2. The molecule has 0 saturated carbocycles. The summed E-state index contributed by atoms with van der Waals surface area (Å²) >= 11 is 7.46. The second-order valence-corrected chi connectivity index (χ2v) is 7.93. The Morgan fingerprint density at radius 2 is 2.11 bits per heavy atom. The maximum absolute atomic E-state index is 12.6. The zero-order valence-corrected chi connectivity index (χ0v) is 18.4. The lowest BCUT2D eigenvalue weighted by Gasteiger charge is -2.35. The van der Waals surface area contributed by atoms with Gasteiger partial charge in [-0.2, -0.15) is 0 Å². The molecule has 9 heteroatoms. The van der Waals surface area contributed by atoms with Crippen molar-refractivity contribution in [3.63, 3.8) is 0 Å². The van der Waals surface area contributed by atoms with E-state index < -0.39 is 0 Å². The number of carbonyl (C=O) groups is 1. The fourth-order valence-corrected chi connectivity index (χ4v) is 3.72. The van der Waals surface area contributed by atoms with Crippen LogP contribution in [0, 0.1) is 0 Å². The van der Waals surface area contributed by atoms with Crippen molar-refractivity contribution in [2.75, 3.05) is 19.6 Å². The molecule has 2 atom stereocenters. The maximum atomic E-state index is 12.6. The van der Waals surface area contributed by atoms with E-state index in [9.17, 15) is 4.79 Å². The molecule has 0 radical (unpaired) electrons. The largest absolute Gasteiger partial charge is 0.440 e. The molecule has 1 amide bonds. The average molecular weight is 453 g/mol. The topological polar surface area (TPSA) is 58.4 Å². The van der Waals surface area contributed by atoms with Gasteiger partial charge in [0.2, 0.25) is 11.8 Å². The molecule has 2 unspecified atom stereocenters. The molecule has 0 bridgehead atoms. The van der Waals surface area contributed by atoms with E-state index in [2.05, 4.69) is 17.2 Å². The number of rotatable bonds is 5. The van der Waals surface area contributed by atoms with E-state index in [4.69, 9.17) is 16.0 Å². The average Bonchev–Trinajstić information content (AvgIpc) is 3.09. The third-order valence-corrected chi connectivity index (χ3v) is 5.64. The molecular formula is C18H24Cl3N3O2S. The minimum atomic E-state index is -0.119. The molecule has 1 aliphatic heterocycles. The van der Waals surface area contributed by atoms with Crippen LogP contribution in [-0.2, 0) is 10.5 Å². The molecule has 1 aromatic carbocycles. The summed E-state index contributed by atoms with van der Waals surface area (Å²) in [7, 11) is 0. The Hall–Kier alpha value is -0.920. The standard InChI is InChI=1S/C18H22ClN3O2S.2ClH/c1-12-9-20-7-8-22(12)18(23)13(2)25-11-17-21-10-16(24-17)14-3-5-15(19)6-4-14;;/h3-6,10,12-13,20H,7-9,11H2,1-2H3;2*1H. The lowest BCUT2D eigenvalue weighted by Crippen LogP contribution is -2.54. The number of carbonyl (C=O) groups excluding carboxylic acids is 1. The van der Waals surface area contributed by atoms with Crippen molar-refractivity contribution in [2.24, 2.45) is 0 Å². The quantitative estimate of drug-likeness (QED) is 0.734. The smallest absolute Gasteiger partial charge is 0.235 e. The molecule has 0 aliphatic carbocycles. The first-order chi connectivity index (χ1) is 12.0. The summed E-state index contributed by atoms with van der Waals surface area (Å²) in [4.78, 5) is 18.9. The first kappa shape index (κ1) is 24.1. The van der Waals surface area contributed by atoms with Crippen LogP contribution in [-0.4, -0.2) is 46.7 Å². The van der Waals surface area contributed by atoms with Crippen molar-refractivity contribution in [3.8, 4) is 11.3 Å². The molecule has 1 aliphatic rings. The summed E-state index contributed by atoms with van der Waals surface area (Å²) in [6.07, 6.45) is 1.71. The van der Waals surface area contributed by atoms with Gasteiger partial charge in [-0.15, -0.1) is 36.6 Å². The van der Waals surface area contributed by atoms with Crippen LogP contribution in [0.25, 0.3) is 11.3 Å². The molecule has 150 valence electrons. The SMILES string of the molecule is CC(SCc1ncc(-c2ccc(Cl)cc2)o1)C(=O)N1CCNCC1C.Cl.Cl. The van der Waals surface area contributed by atoms with Gasteiger partial charge < -0.3 is 14.6 Å². The first-order valence-corrected chi connectivity index (χ1v) is 9.80. The highest BCUT2D eigenvalue weighted by Crippen LogP contribution is 2.25. The molecule has 1 N–H and O–H groups in total. The van der Waals surface area contributed by atoms with E-state index in [0.717, 1.165) is 25.2 Å². The van der Waals surface area contributed by atoms with Crippen LogP contribution in [0.5, 0.6) is 0 Å². The molecule has 1 aromatic heterocycles. The van der Waals surface area contributed by atoms with Crippen molar-refractivity contribution in [2.45, 2.75) is 30.9 Å². The minimum absolute atomic E-state index is 0. The van der Waals surface area contributed by atoms with E-state index in [-0.39, 0.29) is 42.0 Å². The van der Waals surface area contributed by atoms with E-state index in [1.54, 1.807) is 18.0 Å². The number of oxazole rings is 1. The van der Waals surface area contributed by atoms with E-state index in [1.165, 1.54) is 0 Å². The van der Waals surface area contributed by atoms with Crippen molar-refractivity contribution in [3.05, 3.63) is 41.4 Å². The Morgan fingerprint density at radius 1 is 1.41 bits per heavy atom. The minimum Gasteiger partial charge on any atom is -0.440 e. The van der Waals surface area contributed by atoms with E-state index in [0.29, 0.717) is 22.4 Å². The van der Waals surface area contributed by atoms with Gasteiger partial charge in [-0.25, -0.2) is 4.98 Å². The summed E-state index contributed by atoms with van der Waals surface area (Å²) in [5.41, 5.74) is 0.937. The van der Waals surface area contributed by atoms with Gasteiger partial charge in [0, 0.05) is 36.3 Å². The Labute approximate surface area is 181 Å². The predicted molar refractivity (Wildman–Crippen MR) is 116 cm³/mol. The number of nitrogens with one attached hydrogen (secondary N) is 1. The Balaban J connectivity index is 0.00000182. The van der Waals surface area contributed by atoms with Crippen molar-refractivity contribution in [1.29, 1.82) is 0 Å². The third kappa shape index (κ3) is 6.29. The molecule has 3 rings (SSSR count). The normalized spacial score (nSPS) is 17.6. The maximum Gasteiger partial charge on any atom is 0.235 e. The van der Waals surface area contributed by atoms with Crippen molar-refractivity contribution in [1.82, 2.24) is 15.2 Å². The number of halogens is 3. The number of benzene rings is 1. The Bertz CT molecular complexity index is 727. The predicted octanol–water partition coefficient (Wildman–Crippen LogP) is 4.28. The second-order valence-electron chi connectivity index (χ2n) is 6.16. The summed E-state index contributed by atoms with van der Waals surface area (Å²) in [6, 6.07) is 7.68. The summed E-state index contributed by atoms with van der Waals surface area (Å²) in [5.74, 6) is 2.09. The Kier molecular flexibility index (Phi) is 9.98. The van der Waals surface area contributed by atoms with Gasteiger partial charge in [0.25, 0.3) is 0 Å². The van der Waals surface area contributed by atoms with Gasteiger partial charge in [0.05, 0.1) is 17.2 Å². The number of thioether (sulfide) groups is 1. The fraction of sp³-hybridized carbons (Fsp3) is 0.444. The number of amides is 1. The van der Waals surface area contributed by atoms with Gasteiger partial charge in [0.1, 0.15) is 0 Å². The summed E-state index contributed by atoms with van der Waals surface area (Å²) in [5, 5.41) is 3.87. The van der Waals surface area contributed by atoms with Crippen LogP contribution in [0.15, 0.2) is 34.9 Å². The van der Waals surface area contributed by atoms with Gasteiger partial charge in [-0.1, -0.05) is 11.6 Å². The van der Waals surface area contributed by atoms with Crippen LogP contribution in [0.2, 0.25) is 5.02 Å². The fourth-order valence-electron chi connectivity index (χ4n) is 2.79. The molecule has 2 aromatic rings. The van der Waals surface area contributed by atoms with E-state index >= 15 is 0 Å².